The van der Waals surface area contributed by atoms with Crippen LogP contribution in [-0.2, 0) is 14.4 Å². The van der Waals surface area contributed by atoms with Crippen molar-refractivity contribution in [2.75, 3.05) is 19.6 Å². The molecule has 6 heteroatoms. The van der Waals surface area contributed by atoms with Crippen molar-refractivity contribution in [3.63, 3.8) is 0 Å². The maximum atomic E-state index is 11.7. The van der Waals surface area contributed by atoms with E-state index >= 15 is 0 Å². The molecule has 0 unspecified atom stereocenters. The van der Waals surface area contributed by atoms with Gasteiger partial charge in [-0.05, 0) is 0 Å². The van der Waals surface area contributed by atoms with Crippen LogP contribution in [0.15, 0.2) is 12.7 Å². The zero-order chi connectivity index (χ0) is 14.3. The van der Waals surface area contributed by atoms with Gasteiger partial charge in [0.1, 0.15) is 6.54 Å². The smallest absolute Gasteiger partial charge is 0.323 e. The Morgan fingerprint density at radius 2 is 1.89 bits per heavy atom. The van der Waals surface area contributed by atoms with Gasteiger partial charge in [0.25, 0.3) is 0 Å². The minimum Gasteiger partial charge on any atom is -0.480 e. The van der Waals surface area contributed by atoms with Crippen LogP contribution in [0, 0.1) is 5.41 Å². The van der Waals surface area contributed by atoms with Gasteiger partial charge < -0.3 is 15.3 Å². The summed E-state index contributed by atoms with van der Waals surface area (Å²) in [4.78, 5) is 34.9. The molecule has 0 atom stereocenters. The number of rotatable bonds is 6. The van der Waals surface area contributed by atoms with Crippen LogP contribution >= 0.6 is 0 Å². The molecule has 0 heterocycles. The second-order valence-corrected chi connectivity index (χ2v) is 4.89. The van der Waals surface area contributed by atoms with Gasteiger partial charge in [-0.25, -0.2) is 0 Å². The summed E-state index contributed by atoms with van der Waals surface area (Å²) >= 11 is 0. The van der Waals surface area contributed by atoms with Crippen LogP contribution in [0.1, 0.15) is 20.8 Å². The number of hydrogen-bond acceptors (Lipinski definition) is 3. The summed E-state index contributed by atoms with van der Waals surface area (Å²) in [6.45, 7) is 8.15. The summed E-state index contributed by atoms with van der Waals surface area (Å²) < 4.78 is 0. The lowest BCUT2D eigenvalue weighted by Gasteiger charge is -2.21. The Morgan fingerprint density at radius 3 is 2.28 bits per heavy atom. The molecule has 0 aliphatic heterocycles. The Bertz CT molecular complexity index is 344. The summed E-state index contributed by atoms with van der Waals surface area (Å²) in [5.74, 6) is -1.81. The fraction of sp³-hybridized carbons (Fsp3) is 0.583. The molecule has 0 aromatic carbocycles. The van der Waals surface area contributed by atoms with E-state index in [0.717, 1.165) is 4.90 Å². The first-order valence-electron chi connectivity index (χ1n) is 5.57. The molecule has 0 aromatic heterocycles. The maximum Gasteiger partial charge on any atom is 0.323 e. The quantitative estimate of drug-likeness (QED) is 0.667. The van der Waals surface area contributed by atoms with Gasteiger partial charge in [-0.3, -0.25) is 14.4 Å². The molecule has 2 amide bonds. The zero-order valence-corrected chi connectivity index (χ0v) is 11.0. The second kappa shape index (κ2) is 6.78. The number of carbonyl (C=O) groups excluding carboxylic acids is 2. The summed E-state index contributed by atoms with van der Waals surface area (Å²) in [6, 6.07) is 0. The molecule has 0 saturated carbocycles. The van der Waals surface area contributed by atoms with Crippen molar-refractivity contribution < 1.29 is 19.5 Å². The van der Waals surface area contributed by atoms with Crippen LogP contribution in [0.2, 0.25) is 0 Å². The molecule has 2 N–H and O–H groups in total. The average molecular weight is 256 g/mol. The molecule has 0 aromatic rings. The molecule has 0 bridgehead atoms. The molecule has 0 radical (unpaired) electrons. The van der Waals surface area contributed by atoms with Crippen molar-refractivity contribution >= 4 is 17.8 Å². The Kier molecular flexibility index (Phi) is 6.08. The van der Waals surface area contributed by atoms with Crippen LogP contribution in [0.3, 0.4) is 0 Å². The number of nitrogens with zero attached hydrogens (tertiary/aromatic N) is 1. The van der Waals surface area contributed by atoms with Gasteiger partial charge in [0, 0.05) is 12.0 Å². The fourth-order valence-corrected chi connectivity index (χ4v) is 1.11. The number of carboxylic acid groups (broad SMARTS) is 1. The van der Waals surface area contributed by atoms with Crippen LogP contribution in [-0.4, -0.2) is 47.4 Å². The highest BCUT2D eigenvalue weighted by Crippen LogP contribution is 2.11. The summed E-state index contributed by atoms with van der Waals surface area (Å²) in [5.41, 5.74) is -0.587. The van der Waals surface area contributed by atoms with E-state index in [4.69, 9.17) is 5.11 Å². The Morgan fingerprint density at radius 1 is 1.33 bits per heavy atom. The third-order valence-corrected chi connectivity index (χ3v) is 2.11. The first-order chi connectivity index (χ1) is 8.18. The average Bonchev–Trinajstić information content (AvgIpc) is 2.22. The van der Waals surface area contributed by atoms with E-state index in [1.165, 1.54) is 6.08 Å². The van der Waals surface area contributed by atoms with Crippen molar-refractivity contribution in [1.29, 1.82) is 0 Å². The highest BCUT2D eigenvalue weighted by Gasteiger charge is 2.23. The maximum absolute atomic E-state index is 11.7. The van der Waals surface area contributed by atoms with Gasteiger partial charge in [0.15, 0.2) is 0 Å². The lowest BCUT2D eigenvalue weighted by molar-refractivity contribution is -0.144. The Balaban J connectivity index is 4.39. The minimum atomic E-state index is -1.10. The van der Waals surface area contributed by atoms with E-state index in [1.807, 2.05) is 0 Å². The van der Waals surface area contributed by atoms with Gasteiger partial charge in [-0.15, -0.1) is 6.58 Å². The van der Waals surface area contributed by atoms with E-state index in [1.54, 1.807) is 20.8 Å². The van der Waals surface area contributed by atoms with Crippen molar-refractivity contribution in [2.45, 2.75) is 20.8 Å². The molecule has 6 nitrogen and oxygen atoms in total. The van der Waals surface area contributed by atoms with E-state index in [2.05, 4.69) is 11.9 Å². The lowest BCUT2D eigenvalue weighted by atomic mass is 9.96. The van der Waals surface area contributed by atoms with Crippen molar-refractivity contribution in [3.05, 3.63) is 12.7 Å². The standard InChI is InChI=1S/C12H20N2O4/c1-5-6-14(8-10(16)17)9(15)7-13-11(18)12(2,3)4/h5H,1,6-8H2,2-4H3,(H,13,18)(H,16,17). The first-order valence-corrected chi connectivity index (χ1v) is 5.57. The summed E-state index contributed by atoms with van der Waals surface area (Å²) in [7, 11) is 0. The van der Waals surface area contributed by atoms with Crippen molar-refractivity contribution in [1.82, 2.24) is 10.2 Å². The van der Waals surface area contributed by atoms with E-state index < -0.39 is 23.8 Å². The number of aliphatic carboxylic acids is 1. The van der Waals surface area contributed by atoms with E-state index in [0.29, 0.717) is 0 Å². The fourth-order valence-electron chi connectivity index (χ4n) is 1.11. The minimum absolute atomic E-state index is 0.135. The van der Waals surface area contributed by atoms with E-state index in [9.17, 15) is 14.4 Å². The molecule has 0 spiro atoms. The molecule has 18 heavy (non-hydrogen) atoms. The molecular weight excluding hydrogens is 236 g/mol. The summed E-state index contributed by atoms with van der Waals surface area (Å²) in [6.07, 6.45) is 1.44. The molecule has 0 fully saturated rings. The van der Waals surface area contributed by atoms with Crippen molar-refractivity contribution in [3.8, 4) is 0 Å². The molecular formula is C12H20N2O4. The number of amides is 2. The SMILES string of the molecule is C=CCN(CC(=O)O)C(=O)CNC(=O)C(C)(C)C. The number of carbonyl (C=O) groups is 3. The van der Waals surface area contributed by atoms with Crippen LogP contribution in [0.4, 0.5) is 0 Å². The lowest BCUT2D eigenvalue weighted by Crippen LogP contribution is -2.45. The third kappa shape index (κ3) is 6.03. The summed E-state index contributed by atoms with van der Waals surface area (Å²) in [5, 5.41) is 11.1. The zero-order valence-electron chi connectivity index (χ0n) is 11.0. The van der Waals surface area contributed by atoms with Crippen molar-refractivity contribution in [2.24, 2.45) is 5.41 Å². The van der Waals surface area contributed by atoms with Gasteiger partial charge in [0.05, 0.1) is 6.54 Å². The topological polar surface area (TPSA) is 86.7 Å². The van der Waals surface area contributed by atoms with Crippen LogP contribution in [0.5, 0.6) is 0 Å². The monoisotopic (exact) mass is 256 g/mol. The highest BCUT2D eigenvalue weighted by molar-refractivity contribution is 5.88. The second-order valence-electron chi connectivity index (χ2n) is 4.89. The van der Waals surface area contributed by atoms with Gasteiger partial charge in [-0.2, -0.15) is 0 Å². The number of hydrogen-bond donors (Lipinski definition) is 2. The molecule has 0 aliphatic carbocycles. The predicted octanol–water partition coefficient (Wildman–Crippen LogP) is 0.248. The predicted molar refractivity (Wildman–Crippen MR) is 66.9 cm³/mol. The van der Waals surface area contributed by atoms with Crippen LogP contribution < -0.4 is 5.32 Å². The Hall–Kier alpha value is -1.85. The molecule has 0 aliphatic rings. The number of nitrogens with one attached hydrogen (secondary N) is 1. The van der Waals surface area contributed by atoms with Crippen LogP contribution in [0.25, 0.3) is 0 Å². The number of carboxylic acids is 1. The Labute approximate surface area is 107 Å². The largest absolute Gasteiger partial charge is 0.480 e. The van der Waals surface area contributed by atoms with Gasteiger partial charge >= 0.3 is 5.97 Å². The normalized spacial score (nSPS) is 10.6. The third-order valence-electron chi connectivity index (χ3n) is 2.11. The van der Waals surface area contributed by atoms with Gasteiger partial charge in [-0.1, -0.05) is 26.8 Å². The first kappa shape index (κ1) is 16.1. The van der Waals surface area contributed by atoms with Gasteiger partial charge in [0.2, 0.25) is 11.8 Å². The molecule has 0 saturated heterocycles. The highest BCUT2D eigenvalue weighted by atomic mass is 16.4. The van der Waals surface area contributed by atoms with E-state index in [-0.39, 0.29) is 19.0 Å². The molecule has 102 valence electrons. The molecule has 0 rings (SSSR count).